The first-order valence-electron chi connectivity index (χ1n) is 14.7. The molecule has 6 heteroatoms. The van der Waals surface area contributed by atoms with E-state index >= 15 is 0 Å². The molecular weight excluding hydrogens is 456 g/mol. The van der Waals surface area contributed by atoms with Crippen LogP contribution in [0.5, 0.6) is 0 Å². The Morgan fingerprint density at radius 1 is 0.333 bits per heavy atom. The molecule has 6 rings (SSSR count). The molecule has 0 bridgehead atoms. The Balaban J connectivity index is 0.833. The molecule has 6 heterocycles. The monoisotopic (exact) mass is 506 g/mol. The second-order valence-corrected chi connectivity index (χ2v) is 14.8. The molecule has 10 atom stereocenters. The third kappa shape index (κ3) is 5.29. The fraction of sp³-hybridized carbons (Fsp3) is 1.00. The van der Waals surface area contributed by atoms with Gasteiger partial charge in [0.1, 0.15) is 0 Å². The summed E-state index contributed by atoms with van der Waals surface area (Å²) in [6.07, 6.45) is 13.3. The lowest BCUT2D eigenvalue weighted by Crippen LogP contribution is -2.17. The number of rotatable bonds is 15. The fourth-order valence-corrected chi connectivity index (χ4v) is 6.95. The van der Waals surface area contributed by atoms with E-state index in [1.54, 1.807) is 0 Å². The lowest BCUT2D eigenvalue weighted by molar-refractivity contribution is 0.261. The number of hydrogen-bond acceptors (Lipinski definition) is 6. The topological polar surface area (TPSA) is 75.2 Å². The maximum absolute atomic E-state index is 6.17. The molecule has 10 unspecified atom stereocenters. The summed E-state index contributed by atoms with van der Waals surface area (Å²) in [4.78, 5) is 0. The Morgan fingerprint density at radius 3 is 0.806 bits per heavy atom. The quantitative estimate of drug-likeness (QED) is 0.259. The van der Waals surface area contributed by atoms with E-state index in [9.17, 15) is 0 Å². The largest absolute Gasteiger partial charge is 0.367 e. The molecule has 0 aromatic rings. The molecule has 0 amide bonds. The van der Waals surface area contributed by atoms with Gasteiger partial charge in [-0.15, -0.1) is 0 Å². The maximum Gasteiger partial charge on any atom is 0.0921 e. The van der Waals surface area contributed by atoms with Crippen molar-refractivity contribution < 1.29 is 28.4 Å². The van der Waals surface area contributed by atoms with Crippen molar-refractivity contribution in [3.63, 3.8) is 0 Å². The molecule has 0 radical (unpaired) electrons. The van der Waals surface area contributed by atoms with E-state index in [2.05, 4.69) is 55.4 Å². The van der Waals surface area contributed by atoms with Crippen molar-refractivity contribution >= 4 is 0 Å². The first kappa shape index (κ1) is 26.0. The SMILES string of the molecule is CC1(C)OC1CCC1(C)OC1CCC1(C)OC1CCC1OC1(C)CCC1OC1(C)CCC1OC1(C)C. The van der Waals surface area contributed by atoms with Gasteiger partial charge >= 0.3 is 0 Å². The van der Waals surface area contributed by atoms with E-state index < -0.39 is 0 Å². The minimum Gasteiger partial charge on any atom is -0.367 e. The summed E-state index contributed by atoms with van der Waals surface area (Å²) in [5.74, 6) is 0. The Bertz CT molecular complexity index is 804. The Hall–Kier alpha value is -0.240. The van der Waals surface area contributed by atoms with Crippen LogP contribution in [-0.4, -0.2) is 70.2 Å². The average molecular weight is 507 g/mol. The summed E-state index contributed by atoms with van der Waals surface area (Å²) in [6.45, 7) is 17.8. The standard InChI is InChI=1S/C30H50O6/c1-25(2)19(31-25)11-15-29(7)23(35-29)13-17-27(5)21(33-27)9-10-22-28(6,34-22)18-14-24-30(8,36-24)16-12-20-26(3,4)32-20/h19-24H,9-18H2,1-8H3. The van der Waals surface area contributed by atoms with Crippen molar-refractivity contribution in [1.29, 1.82) is 0 Å². The van der Waals surface area contributed by atoms with Gasteiger partial charge in [-0.05, 0) is 120 Å². The van der Waals surface area contributed by atoms with Crippen LogP contribution in [0.2, 0.25) is 0 Å². The van der Waals surface area contributed by atoms with E-state index in [0.29, 0.717) is 36.6 Å². The zero-order chi connectivity index (χ0) is 25.8. The highest BCUT2D eigenvalue weighted by Crippen LogP contribution is 2.53. The van der Waals surface area contributed by atoms with E-state index in [-0.39, 0.29) is 33.6 Å². The zero-order valence-electron chi connectivity index (χ0n) is 24.0. The van der Waals surface area contributed by atoms with Crippen molar-refractivity contribution in [1.82, 2.24) is 0 Å². The fourth-order valence-electron chi connectivity index (χ4n) is 6.95. The van der Waals surface area contributed by atoms with Gasteiger partial charge in [-0.25, -0.2) is 0 Å². The molecule has 0 aromatic carbocycles. The van der Waals surface area contributed by atoms with Crippen LogP contribution in [0.1, 0.15) is 120 Å². The second-order valence-electron chi connectivity index (χ2n) is 14.8. The molecule has 6 aliphatic heterocycles. The number of hydrogen-bond donors (Lipinski definition) is 0. The van der Waals surface area contributed by atoms with E-state index in [0.717, 1.165) is 64.2 Å². The molecule has 6 nitrogen and oxygen atoms in total. The van der Waals surface area contributed by atoms with Gasteiger partial charge in [0.25, 0.3) is 0 Å². The predicted octanol–water partition coefficient (Wildman–Crippen LogP) is 5.87. The lowest BCUT2D eigenvalue weighted by Gasteiger charge is -2.09. The van der Waals surface area contributed by atoms with Gasteiger partial charge in [-0.2, -0.15) is 0 Å². The normalized spacial score (nSPS) is 52.7. The van der Waals surface area contributed by atoms with Crippen molar-refractivity contribution in [2.45, 2.75) is 190 Å². The molecule has 36 heavy (non-hydrogen) atoms. The van der Waals surface area contributed by atoms with Gasteiger partial charge < -0.3 is 28.4 Å². The number of ether oxygens (including phenoxy) is 6. The summed E-state index contributed by atoms with van der Waals surface area (Å²) in [6, 6.07) is 0. The first-order chi connectivity index (χ1) is 16.7. The predicted molar refractivity (Wildman–Crippen MR) is 137 cm³/mol. The Labute approximate surface area is 218 Å². The average Bonchev–Trinajstić information content (AvgIpc) is 3.51. The minimum atomic E-state index is 0.0310. The highest BCUT2D eigenvalue weighted by molar-refractivity contribution is 5.09. The van der Waals surface area contributed by atoms with Crippen LogP contribution in [0.3, 0.4) is 0 Å². The molecule has 6 aliphatic rings. The molecule has 6 fully saturated rings. The van der Waals surface area contributed by atoms with Gasteiger partial charge in [-0.3, -0.25) is 0 Å². The Kier molecular flexibility index (Phi) is 5.88. The first-order valence-corrected chi connectivity index (χ1v) is 14.7. The van der Waals surface area contributed by atoms with Gasteiger partial charge in [0.2, 0.25) is 0 Å². The third-order valence-corrected chi connectivity index (χ3v) is 10.8. The summed E-state index contributed by atoms with van der Waals surface area (Å²) in [5, 5.41) is 0. The van der Waals surface area contributed by atoms with Crippen LogP contribution in [0.15, 0.2) is 0 Å². The summed E-state index contributed by atoms with van der Waals surface area (Å²) < 4.78 is 36.0. The van der Waals surface area contributed by atoms with Crippen molar-refractivity contribution in [3.05, 3.63) is 0 Å². The highest BCUT2D eigenvalue weighted by atomic mass is 16.6. The third-order valence-electron chi connectivity index (χ3n) is 10.8. The van der Waals surface area contributed by atoms with Crippen LogP contribution >= 0.6 is 0 Å². The highest BCUT2D eigenvalue weighted by Gasteiger charge is 2.60. The molecule has 0 saturated carbocycles. The van der Waals surface area contributed by atoms with Crippen LogP contribution in [-0.2, 0) is 28.4 Å². The summed E-state index contributed by atoms with van der Waals surface area (Å²) in [7, 11) is 0. The smallest absolute Gasteiger partial charge is 0.0921 e. The number of epoxide rings is 6. The van der Waals surface area contributed by atoms with E-state index in [4.69, 9.17) is 28.4 Å². The van der Waals surface area contributed by atoms with Gasteiger partial charge in [0, 0.05) is 0 Å². The lowest BCUT2D eigenvalue weighted by atomic mass is 9.90. The molecular formula is C30H50O6. The van der Waals surface area contributed by atoms with E-state index in [1.165, 1.54) is 0 Å². The second kappa shape index (κ2) is 8.14. The summed E-state index contributed by atoms with van der Waals surface area (Å²) in [5.41, 5.74) is 0.332. The zero-order valence-corrected chi connectivity index (χ0v) is 24.0. The summed E-state index contributed by atoms with van der Waals surface area (Å²) >= 11 is 0. The van der Waals surface area contributed by atoms with Crippen LogP contribution < -0.4 is 0 Å². The molecule has 6 saturated heterocycles. The molecule has 0 aromatic heterocycles. The van der Waals surface area contributed by atoms with Gasteiger partial charge in [0.15, 0.2) is 0 Å². The van der Waals surface area contributed by atoms with Gasteiger partial charge in [0.05, 0.1) is 70.2 Å². The minimum absolute atomic E-state index is 0.0310. The van der Waals surface area contributed by atoms with Crippen molar-refractivity contribution in [2.75, 3.05) is 0 Å². The van der Waals surface area contributed by atoms with Crippen LogP contribution in [0, 0.1) is 0 Å². The molecule has 0 N–H and O–H groups in total. The van der Waals surface area contributed by atoms with Gasteiger partial charge in [-0.1, -0.05) is 0 Å². The van der Waals surface area contributed by atoms with E-state index in [1.807, 2.05) is 0 Å². The maximum atomic E-state index is 6.17. The van der Waals surface area contributed by atoms with Crippen LogP contribution in [0.4, 0.5) is 0 Å². The molecule has 206 valence electrons. The Morgan fingerprint density at radius 2 is 0.556 bits per heavy atom. The molecule has 0 spiro atoms. The van der Waals surface area contributed by atoms with Crippen molar-refractivity contribution in [3.8, 4) is 0 Å². The molecule has 0 aliphatic carbocycles. The van der Waals surface area contributed by atoms with Crippen molar-refractivity contribution in [2.24, 2.45) is 0 Å². The van der Waals surface area contributed by atoms with Crippen LogP contribution in [0.25, 0.3) is 0 Å².